The van der Waals surface area contributed by atoms with E-state index in [1.807, 2.05) is 36.4 Å². The fraction of sp³-hybridized carbons (Fsp3) is 0.0435. The molecule has 156 valence electrons. The van der Waals surface area contributed by atoms with Gasteiger partial charge >= 0.3 is 0 Å². The molecule has 31 heavy (non-hydrogen) atoms. The molecule has 0 unspecified atom stereocenters. The van der Waals surface area contributed by atoms with Gasteiger partial charge in [0.2, 0.25) is 11.8 Å². The lowest BCUT2D eigenvalue weighted by atomic mass is 10.2. The van der Waals surface area contributed by atoms with Gasteiger partial charge in [-0.25, -0.2) is 4.98 Å². The molecule has 0 atom stereocenters. The van der Waals surface area contributed by atoms with Crippen LogP contribution in [0.5, 0.6) is 5.75 Å². The third-order valence-corrected chi connectivity index (χ3v) is 6.28. The van der Waals surface area contributed by atoms with Crippen LogP contribution < -0.4 is 10.1 Å². The molecular weight excluding hydrogens is 639 g/mol. The van der Waals surface area contributed by atoms with E-state index in [0.29, 0.717) is 28.4 Å². The van der Waals surface area contributed by atoms with Gasteiger partial charge in [-0.15, -0.1) is 0 Å². The molecule has 0 bridgehead atoms. The predicted molar refractivity (Wildman–Crippen MR) is 138 cm³/mol. The molecule has 0 saturated heterocycles. The van der Waals surface area contributed by atoms with Crippen LogP contribution in [0.1, 0.15) is 5.56 Å². The maximum absolute atomic E-state index is 12.4. The molecule has 0 saturated carbocycles. The van der Waals surface area contributed by atoms with Gasteiger partial charge in [0.15, 0.2) is 5.58 Å². The number of carbonyl (C=O) groups is 1. The van der Waals surface area contributed by atoms with Gasteiger partial charge in [0, 0.05) is 29.8 Å². The number of hydrogen-bond donors (Lipinski definition) is 1. The summed E-state index contributed by atoms with van der Waals surface area (Å²) in [7, 11) is 1.59. The number of methoxy groups -OCH3 is 1. The Morgan fingerprint density at radius 2 is 1.97 bits per heavy atom. The zero-order valence-electron chi connectivity index (χ0n) is 16.2. The second-order valence-electron chi connectivity index (χ2n) is 6.53. The van der Waals surface area contributed by atoms with E-state index in [1.54, 1.807) is 31.4 Å². The Hall–Kier alpha value is -2.17. The zero-order valence-corrected chi connectivity index (χ0v) is 21.5. The van der Waals surface area contributed by atoms with Gasteiger partial charge < -0.3 is 14.5 Å². The summed E-state index contributed by atoms with van der Waals surface area (Å²) >= 11 is 9.22. The monoisotopic (exact) mass is 652 g/mol. The van der Waals surface area contributed by atoms with Crippen LogP contribution in [0.25, 0.3) is 28.6 Å². The van der Waals surface area contributed by atoms with Crippen LogP contribution in [0.15, 0.2) is 74.0 Å². The van der Waals surface area contributed by atoms with Gasteiger partial charge in [-0.2, -0.15) is 0 Å². The number of amides is 1. The van der Waals surface area contributed by atoms with Crippen molar-refractivity contribution in [2.24, 2.45) is 0 Å². The summed E-state index contributed by atoms with van der Waals surface area (Å²) in [6, 6.07) is 16.9. The summed E-state index contributed by atoms with van der Waals surface area (Å²) in [5, 5.41) is 2.86. The molecule has 1 aromatic heterocycles. The van der Waals surface area contributed by atoms with E-state index in [1.165, 1.54) is 6.08 Å². The van der Waals surface area contributed by atoms with Crippen molar-refractivity contribution in [1.82, 2.24) is 4.98 Å². The fourth-order valence-electron chi connectivity index (χ4n) is 2.97. The van der Waals surface area contributed by atoms with Crippen LogP contribution in [0.2, 0.25) is 0 Å². The van der Waals surface area contributed by atoms with Gasteiger partial charge in [-0.3, -0.25) is 4.79 Å². The Balaban J connectivity index is 1.55. The van der Waals surface area contributed by atoms with Crippen molar-refractivity contribution in [3.8, 4) is 17.2 Å². The highest BCUT2D eigenvalue weighted by atomic mass is 127. The highest BCUT2D eigenvalue weighted by molar-refractivity contribution is 14.1. The maximum atomic E-state index is 12.4. The van der Waals surface area contributed by atoms with E-state index in [-0.39, 0.29) is 5.91 Å². The first-order valence-corrected chi connectivity index (χ1v) is 11.8. The van der Waals surface area contributed by atoms with Crippen LogP contribution in [-0.2, 0) is 4.79 Å². The summed E-state index contributed by atoms with van der Waals surface area (Å²) in [6.07, 6.45) is 3.17. The molecule has 0 aliphatic heterocycles. The molecule has 0 spiro atoms. The van der Waals surface area contributed by atoms with Crippen LogP contribution in [0, 0.1) is 3.57 Å². The molecule has 4 rings (SSSR count). The van der Waals surface area contributed by atoms with E-state index in [9.17, 15) is 4.79 Å². The number of hydrogen-bond acceptors (Lipinski definition) is 4. The lowest BCUT2D eigenvalue weighted by Crippen LogP contribution is -2.07. The van der Waals surface area contributed by atoms with Gasteiger partial charge in [0.1, 0.15) is 11.3 Å². The van der Waals surface area contributed by atoms with Crippen LogP contribution >= 0.6 is 54.5 Å². The normalized spacial score (nSPS) is 11.2. The van der Waals surface area contributed by atoms with Gasteiger partial charge in [-0.05, 0) is 99.2 Å². The summed E-state index contributed by atoms with van der Waals surface area (Å²) in [6.45, 7) is 0. The van der Waals surface area contributed by atoms with E-state index >= 15 is 0 Å². The van der Waals surface area contributed by atoms with Crippen molar-refractivity contribution in [2.45, 2.75) is 0 Å². The predicted octanol–water partition coefficient (Wildman–Crippen LogP) is 7.28. The number of fused-ring (bicyclic) bond motifs is 1. The van der Waals surface area contributed by atoms with E-state index in [2.05, 4.69) is 64.8 Å². The molecule has 0 fully saturated rings. The first-order chi connectivity index (χ1) is 14.9. The summed E-state index contributed by atoms with van der Waals surface area (Å²) < 4.78 is 14.1. The zero-order chi connectivity index (χ0) is 22.0. The van der Waals surface area contributed by atoms with Crippen LogP contribution in [0.4, 0.5) is 5.69 Å². The van der Waals surface area contributed by atoms with Crippen molar-refractivity contribution in [3.63, 3.8) is 0 Å². The number of halogens is 3. The number of benzene rings is 3. The lowest BCUT2D eigenvalue weighted by Gasteiger charge is -2.05. The molecule has 3 aromatic carbocycles. The lowest BCUT2D eigenvalue weighted by molar-refractivity contribution is -0.111. The standard InChI is InChI=1S/C23H15Br2IN2O3/c1-30-20-7-3-14(24)10-13(20)2-9-22(29)27-16-5-8-21-19(12-16)28-23(31-21)17-11-15(26)4-6-18(17)25/h2-12H,1H3,(H,27,29)/b9-2+. The number of anilines is 1. The smallest absolute Gasteiger partial charge is 0.248 e. The van der Waals surface area contributed by atoms with E-state index in [4.69, 9.17) is 9.15 Å². The Bertz CT molecular complexity index is 1320. The van der Waals surface area contributed by atoms with Crippen molar-refractivity contribution in [3.05, 3.63) is 78.8 Å². The molecule has 4 aromatic rings. The number of aromatic nitrogens is 1. The number of oxazole rings is 1. The quantitative estimate of drug-likeness (QED) is 0.182. The molecule has 0 aliphatic carbocycles. The number of nitrogens with one attached hydrogen (secondary N) is 1. The molecule has 1 amide bonds. The van der Waals surface area contributed by atoms with Gasteiger partial charge in [0.05, 0.1) is 12.7 Å². The molecule has 0 radical (unpaired) electrons. The first kappa shape index (κ1) is 22.0. The second kappa shape index (κ2) is 9.54. The molecule has 5 nitrogen and oxygen atoms in total. The SMILES string of the molecule is COc1ccc(Br)cc1/C=C/C(=O)Nc1ccc2oc(-c3cc(I)ccc3Br)nc2c1. The van der Waals surface area contributed by atoms with Crippen LogP contribution in [-0.4, -0.2) is 18.0 Å². The average Bonchev–Trinajstić information content (AvgIpc) is 3.17. The highest BCUT2D eigenvalue weighted by Crippen LogP contribution is 2.32. The third kappa shape index (κ3) is 5.19. The highest BCUT2D eigenvalue weighted by Gasteiger charge is 2.13. The minimum atomic E-state index is -0.259. The Morgan fingerprint density at radius 3 is 2.77 bits per heavy atom. The second-order valence-corrected chi connectivity index (χ2v) is 9.55. The Morgan fingerprint density at radius 1 is 1.13 bits per heavy atom. The summed E-state index contributed by atoms with van der Waals surface area (Å²) in [5.41, 5.74) is 3.61. The third-order valence-electron chi connectivity index (χ3n) is 4.42. The summed E-state index contributed by atoms with van der Waals surface area (Å²) in [4.78, 5) is 17.0. The van der Waals surface area contributed by atoms with Crippen molar-refractivity contribution in [1.29, 1.82) is 0 Å². The minimum absolute atomic E-state index is 0.259. The minimum Gasteiger partial charge on any atom is -0.496 e. The Kier molecular flexibility index (Phi) is 6.78. The van der Waals surface area contributed by atoms with Crippen molar-refractivity contribution in [2.75, 3.05) is 12.4 Å². The maximum Gasteiger partial charge on any atom is 0.248 e. The topological polar surface area (TPSA) is 64.4 Å². The average molecular weight is 654 g/mol. The number of rotatable bonds is 5. The molecule has 1 N–H and O–H groups in total. The molecular formula is C23H15Br2IN2O3. The number of carbonyl (C=O) groups excluding carboxylic acids is 1. The molecule has 1 heterocycles. The molecule has 8 heteroatoms. The number of ether oxygens (including phenoxy) is 1. The van der Waals surface area contributed by atoms with Crippen molar-refractivity contribution >= 4 is 83.2 Å². The Labute approximate surface area is 209 Å². The van der Waals surface area contributed by atoms with Gasteiger partial charge in [0.25, 0.3) is 0 Å². The van der Waals surface area contributed by atoms with Crippen LogP contribution in [0.3, 0.4) is 0 Å². The van der Waals surface area contributed by atoms with Crippen molar-refractivity contribution < 1.29 is 13.9 Å². The molecule has 0 aliphatic rings. The van der Waals surface area contributed by atoms with E-state index < -0.39 is 0 Å². The number of nitrogens with zero attached hydrogens (tertiary/aromatic N) is 1. The van der Waals surface area contributed by atoms with Gasteiger partial charge in [-0.1, -0.05) is 15.9 Å². The largest absolute Gasteiger partial charge is 0.496 e. The fourth-order valence-corrected chi connectivity index (χ4v) is 4.25. The van der Waals surface area contributed by atoms with E-state index in [0.717, 1.165) is 23.6 Å². The summed E-state index contributed by atoms with van der Waals surface area (Å²) in [5.74, 6) is 0.946. The first-order valence-electron chi connectivity index (χ1n) is 9.11.